The Kier molecular flexibility index (Phi) is 4.57. The summed E-state index contributed by atoms with van der Waals surface area (Å²) in [5.74, 6) is 0. The number of fused-ring (bicyclic) bond motifs is 6. The smallest absolute Gasteiger partial charge is 0.0361 e. The van der Waals surface area contributed by atoms with Crippen molar-refractivity contribution in [3.8, 4) is 22.3 Å². The lowest BCUT2D eigenvalue weighted by molar-refractivity contribution is 1.71. The Labute approximate surface area is 250 Å². The van der Waals surface area contributed by atoms with Crippen molar-refractivity contribution in [2.75, 3.05) is 0 Å². The standard InChI is InChI=1S/C40H22S2/c1-3-7-35-29(5-1)31-17-13-25(21-37(31)41-35)27-15-9-23-12-20-34-28(16-10-24-11-19-33(27)39(23)40(24)34)26-14-18-32-30-6-2-4-8-36(30)42-38(32)22-26/h1-22H. The van der Waals surface area contributed by atoms with E-state index in [0.29, 0.717) is 0 Å². The van der Waals surface area contributed by atoms with Crippen LogP contribution in [0.2, 0.25) is 0 Å². The lowest BCUT2D eigenvalue weighted by Crippen LogP contribution is -1.89. The number of thiophene rings is 2. The van der Waals surface area contributed by atoms with E-state index in [0.717, 1.165) is 0 Å². The molecule has 0 aliphatic rings. The molecule has 0 spiro atoms. The molecule has 0 amide bonds. The third-order valence-electron chi connectivity index (χ3n) is 9.04. The Balaban J connectivity index is 1.21. The predicted molar refractivity (Wildman–Crippen MR) is 187 cm³/mol. The third kappa shape index (κ3) is 3.11. The molecule has 0 atom stereocenters. The van der Waals surface area contributed by atoms with E-state index in [1.54, 1.807) is 0 Å². The summed E-state index contributed by atoms with van der Waals surface area (Å²) in [4.78, 5) is 0. The number of benzene rings is 8. The molecular weight excluding hydrogens is 545 g/mol. The van der Waals surface area contributed by atoms with E-state index in [1.807, 2.05) is 22.7 Å². The maximum Gasteiger partial charge on any atom is 0.0361 e. The zero-order chi connectivity index (χ0) is 27.4. The zero-order valence-corrected chi connectivity index (χ0v) is 24.2. The summed E-state index contributed by atoms with van der Waals surface area (Å²) in [6.07, 6.45) is 0. The SMILES string of the molecule is c1ccc2c(c1)sc1cc(-c3ccc4ccc5c(-c6ccc7c(c6)sc6ccccc67)ccc6ccc3c4c65)ccc12. The molecule has 0 aliphatic carbocycles. The van der Waals surface area contributed by atoms with E-state index in [2.05, 4.69) is 133 Å². The van der Waals surface area contributed by atoms with Gasteiger partial charge in [-0.1, -0.05) is 109 Å². The van der Waals surface area contributed by atoms with Crippen molar-refractivity contribution in [1.29, 1.82) is 0 Å². The highest BCUT2D eigenvalue weighted by Crippen LogP contribution is 2.44. The Bertz CT molecular complexity index is 2500. The number of hydrogen-bond donors (Lipinski definition) is 0. The van der Waals surface area contributed by atoms with Gasteiger partial charge in [0.05, 0.1) is 0 Å². The maximum atomic E-state index is 2.39. The van der Waals surface area contributed by atoms with Crippen molar-refractivity contribution in [2.45, 2.75) is 0 Å². The van der Waals surface area contributed by atoms with Gasteiger partial charge in [-0.3, -0.25) is 0 Å². The molecule has 0 nitrogen and oxygen atoms in total. The highest BCUT2D eigenvalue weighted by atomic mass is 32.1. The topological polar surface area (TPSA) is 0 Å². The first kappa shape index (κ1) is 22.9. The maximum absolute atomic E-state index is 2.39. The van der Waals surface area contributed by atoms with Crippen LogP contribution in [-0.2, 0) is 0 Å². The van der Waals surface area contributed by atoms with Crippen LogP contribution in [-0.4, -0.2) is 0 Å². The van der Waals surface area contributed by atoms with Crippen molar-refractivity contribution in [2.24, 2.45) is 0 Å². The van der Waals surface area contributed by atoms with E-state index >= 15 is 0 Å². The quantitative estimate of drug-likeness (QED) is 0.183. The molecule has 8 aromatic carbocycles. The van der Waals surface area contributed by atoms with Gasteiger partial charge in [-0.2, -0.15) is 0 Å². The van der Waals surface area contributed by atoms with Gasteiger partial charge in [0.2, 0.25) is 0 Å². The van der Waals surface area contributed by atoms with Crippen molar-refractivity contribution < 1.29 is 0 Å². The lowest BCUT2D eigenvalue weighted by Gasteiger charge is -2.16. The van der Waals surface area contributed by atoms with E-state index in [-0.39, 0.29) is 0 Å². The molecular formula is C40H22S2. The minimum atomic E-state index is 1.28. The summed E-state index contributed by atoms with van der Waals surface area (Å²) in [5.41, 5.74) is 5.16. The fourth-order valence-electron chi connectivity index (χ4n) is 7.09. The minimum absolute atomic E-state index is 1.28. The predicted octanol–water partition coefficient (Wildman–Crippen LogP) is 12.7. The molecule has 10 rings (SSSR count). The van der Waals surface area contributed by atoms with Crippen molar-refractivity contribution in [1.82, 2.24) is 0 Å². The Morgan fingerprint density at radius 1 is 0.310 bits per heavy atom. The monoisotopic (exact) mass is 566 g/mol. The second-order valence-electron chi connectivity index (χ2n) is 11.3. The highest BCUT2D eigenvalue weighted by Gasteiger charge is 2.16. The fraction of sp³-hybridized carbons (Fsp3) is 0. The first-order valence-corrected chi connectivity index (χ1v) is 16.0. The van der Waals surface area contributed by atoms with Crippen molar-refractivity contribution in [3.63, 3.8) is 0 Å². The summed E-state index contributed by atoms with van der Waals surface area (Å²) in [6.45, 7) is 0. The van der Waals surface area contributed by atoms with Crippen molar-refractivity contribution >= 4 is 95.3 Å². The molecule has 0 radical (unpaired) electrons. The summed E-state index contributed by atoms with van der Waals surface area (Å²) >= 11 is 3.77. The van der Waals surface area contributed by atoms with Crippen LogP contribution < -0.4 is 0 Å². The molecule has 2 heterocycles. The van der Waals surface area contributed by atoms with Crippen LogP contribution in [0.1, 0.15) is 0 Å². The molecule has 194 valence electrons. The summed E-state index contributed by atoms with van der Waals surface area (Å²) in [6, 6.07) is 50.0. The molecule has 0 saturated heterocycles. The van der Waals surface area contributed by atoms with Gasteiger partial charge >= 0.3 is 0 Å². The Morgan fingerprint density at radius 2 is 0.714 bits per heavy atom. The molecule has 10 aromatic rings. The van der Waals surface area contributed by atoms with E-state index in [9.17, 15) is 0 Å². The van der Waals surface area contributed by atoms with Gasteiger partial charge in [0.1, 0.15) is 0 Å². The first-order chi connectivity index (χ1) is 20.8. The first-order valence-electron chi connectivity index (χ1n) is 14.3. The van der Waals surface area contributed by atoms with Gasteiger partial charge in [-0.25, -0.2) is 0 Å². The van der Waals surface area contributed by atoms with Gasteiger partial charge < -0.3 is 0 Å². The average Bonchev–Trinajstić information content (AvgIpc) is 3.60. The van der Waals surface area contributed by atoms with Crippen LogP contribution in [0.5, 0.6) is 0 Å². The normalized spacial score (nSPS) is 12.3. The third-order valence-corrected chi connectivity index (χ3v) is 11.3. The molecule has 0 bridgehead atoms. The van der Waals surface area contributed by atoms with Crippen LogP contribution in [0.15, 0.2) is 133 Å². The van der Waals surface area contributed by atoms with E-state index in [1.165, 1.54) is 94.9 Å². The largest absolute Gasteiger partial charge is 0.135 e. The van der Waals surface area contributed by atoms with Crippen molar-refractivity contribution in [3.05, 3.63) is 133 Å². The van der Waals surface area contributed by atoms with Crippen LogP contribution in [0.3, 0.4) is 0 Å². The van der Waals surface area contributed by atoms with Crippen LogP contribution in [0, 0.1) is 0 Å². The molecule has 0 saturated carbocycles. The van der Waals surface area contributed by atoms with Gasteiger partial charge in [0.25, 0.3) is 0 Å². The van der Waals surface area contributed by atoms with E-state index in [4.69, 9.17) is 0 Å². The highest BCUT2D eigenvalue weighted by molar-refractivity contribution is 7.26. The van der Waals surface area contributed by atoms with Crippen LogP contribution >= 0.6 is 22.7 Å². The molecule has 0 aliphatic heterocycles. The number of rotatable bonds is 2. The van der Waals surface area contributed by atoms with Gasteiger partial charge in [-0.15, -0.1) is 22.7 Å². The van der Waals surface area contributed by atoms with Crippen LogP contribution in [0.25, 0.3) is 94.9 Å². The Morgan fingerprint density at radius 3 is 1.21 bits per heavy atom. The van der Waals surface area contributed by atoms with Gasteiger partial charge in [-0.05, 0) is 78.8 Å². The number of hydrogen-bond acceptors (Lipinski definition) is 2. The fourth-order valence-corrected chi connectivity index (χ4v) is 9.38. The van der Waals surface area contributed by atoms with Gasteiger partial charge in [0.15, 0.2) is 0 Å². The molecule has 2 aromatic heterocycles. The summed E-state index contributed by atoms with van der Waals surface area (Å²) < 4.78 is 5.39. The van der Waals surface area contributed by atoms with Crippen LogP contribution in [0.4, 0.5) is 0 Å². The molecule has 0 N–H and O–H groups in total. The Hall–Kier alpha value is -4.76. The molecule has 42 heavy (non-hydrogen) atoms. The second-order valence-corrected chi connectivity index (χ2v) is 13.4. The van der Waals surface area contributed by atoms with Gasteiger partial charge in [0, 0.05) is 40.3 Å². The summed E-state index contributed by atoms with van der Waals surface area (Å²) in [5, 5.41) is 13.4. The molecule has 0 fully saturated rings. The summed E-state index contributed by atoms with van der Waals surface area (Å²) in [7, 11) is 0. The van der Waals surface area contributed by atoms with E-state index < -0.39 is 0 Å². The average molecular weight is 567 g/mol. The lowest BCUT2D eigenvalue weighted by atomic mass is 9.87. The minimum Gasteiger partial charge on any atom is -0.135 e. The second kappa shape index (κ2) is 8.39. The molecule has 2 heteroatoms. The molecule has 0 unspecified atom stereocenters. The zero-order valence-electron chi connectivity index (χ0n) is 22.5.